The van der Waals surface area contributed by atoms with Crippen LogP contribution in [0, 0.1) is 5.92 Å². The molecular weight excluding hydrogens is 458 g/mol. The molecule has 184 valence electrons. The first-order valence-electron chi connectivity index (χ1n) is 12.2. The highest BCUT2D eigenvalue weighted by Crippen LogP contribution is 2.20. The number of hydrogen-bond donors (Lipinski definition) is 2. The van der Waals surface area contributed by atoms with Crippen molar-refractivity contribution in [3.63, 3.8) is 0 Å². The van der Waals surface area contributed by atoms with E-state index in [1.807, 2.05) is 60.7 Å². The Labute approximate surface area is 211 Å². The second-order valence-electron chi connectivity index (χ2n) is 8.99. The lowest BCUT2D eigenvalue weighted by molar-refractivity contribution is -0.123. The third-order valence-corrected chi connectivity index (χ3v) is 7.20. The molecule has 1 fully saturated rings. The Kier molecular flexibility index (Phi) is 9.32. The highest BCUT2D eigenvalue weighted by molar-refractivity contribution is 7.09. The molecule has 1 unspecified atom stereocenters. The summed E-state index contributed by atoms with van der Waals surface area (Å²) >= 11 is 1.80. The van der Waals surface area contributed by atoms with Crippen LogP contribution in [0.15, 0.2) is 78.2 Å². The van der Waals surface area contributed by atoms with Gasteiger partial charge in [0.15, 0.2) is 0 Å². The van der Waals surface area contributed by atoms with Crippen molar-refractivity contribution in [1.29, 1.82) is 0 Å². The molecule has 0 bridgehead atoms. The van der Waals surface area contributed by atoms with Gasteiger partial charge in [-0.05, 0) is 54.4 Å². The normalized spacial score (nSPS) is 15.3. The van der Waals surface area contributed by atoms with Crippen molar-refractivity contribution in [2.75, 3.05) is 19.6 Å². The molecule has 35 heavy (non-hydrogen) atoms. The average Bonchev–Trinajstić information content (AvgIpc) is 3.41. The Morgan fingerprint density at radius 1 is 0.943 bits per heavy atom. The standard InChI is InChI=1S/C28H33N3O3S/c32-27(29-19-23-13-15-31(16-14-23)20-25-12-7-17-35-25)26(18-22-8-3-1-4-9-22)30-28(33)34-21-24-10-5-2-6-11-24/h1-12,17,23,26H,13-16,18-21H2,(H,29,32)(H,30,33). The summed E-state index contributed by atoms with van der Waals surface area (Å²) in [4.78, 5) is 29.4. The number of nitrogens with one attached hydrogen (secondary N) is 2. The molecule has 2 N–H and O–H groups in total. The average molecular weight is 492 g/mol. The Morgan fingerprint density at radius 2 is 1.63 bits per heavy atom. The number of likely N-dealkylation sites (tertiary alicyclic amines) is 1. The fourth-order valence-electron chi connectivity index (χ4n) is 4.31. The molecule has 3 aromatic rings. The number of carbonyl (C=O) groups excluding carboxylic acids is 2. The van der Waals surface area contributed by atoms with Crippen molar-refractivity contribution in [3.05, 3.63) is 94.2 Å². The number of nitrogens with zero attached hydrogens (tertiary/aromatic N) is 1. The van der Waals surface area contributed by atoms with Gasteiger partial charge in [-0.3, -0.25) is 9.69 Å². The van der Waals surface area contributed by atoms with E-state index in [4.69, 9.17) is 4.74 Å². The number of amides is 2. The summed E-state index contributed by atoms with van der Waals surface area (Å²) in [5.41, 5.74) is 1.88. The number of alkyl carbamates (subject to hydrolysis) is 1. The van der Waals surface area contributed by atoms with E-state index in [2.05, 4.69) is 33.0 Å². The predicted octanol–water partition coefficient (Wildman–Crippen LogP) is 4.61. The molecule has 1 aliphatic rings. The third kappa shape index (κ3) is 8.23. The van der Waals surface area contributed by atoms with Crippen molar-refractivity contribution in [2.45, 2.75) is 38.5 Å². The monoisotopic (exact) mass is 491 g/mol. The van der Waals surface area contributed by atoms with E-state index < -0.39 is 12.1 Å². The predicted molar refractivity (Wildman–Crippen MR) is 139 cm³/mol. The molecule has 0 saturated carbocycles. The minimum Gasteiger partial charge on any atom is -0.445 e. The van der Waals surface area contributed by atoms with Crippen LogP contribution in [0.4, 0.5) is 4.79 Å². The molecule has 1 aromatic heterocycles. The number of carbonyl (C=O) groups is 2. The molecule has 2 heterocycles. The van der Waals surface area contributed by atoms with Crippen molar-refractivity contribution >= 4 is 23.3 Å². The molecule has 0 aliphatic carbocycles. The van der Waals surface area contributed by atoms with Crippen LogP contribution in [-0.4, -0.2) is 42.6 Å². The van der Waals surface area contributed by atoms with Crippen LogP contribution in [0.2, 0.25) is 0 Å². The quantitative estimate of drug-likeness (QED) is 0.434. The Hall–Kier alpha value is -3.16. The smallest absolute Gasteiger partial charge is 0.408 e. The van der Waals surface area contributed by atoms with E-state index in [-0.39, 0.29) is 12.5 Å². The maximum Gasteiger partial charge on any atom is 0.408 e. The molecule has 4 rings (SSSR count). The molecule has 1 atom stereocenters. The van der Waals surface area contributed by atoms with Crippen molar-refractivity contribution < 1.29 is 14.3 Å². The zero-order chi connectivity index (χ0) is 24.3. The van der Waals surface area contributed by atoms with Crippen LogP contribution >= 0.6 is 11.3 Å². The van der Waals surface area contributed by atoms with E-state index >= 15 is 0 Å². The number of hydrogen-bond acceptors (Lipinski definition) is 5. The number of benzene rings is 2. The van der Waals surface area contributed by atoms with Crippen LogP contribution < -0.4 is 10.6 Å². The molecule has 1 aliphatic heterocycles. The van der Waals surface area contributed by atoms with Crippen molar-refractivity contribution in [1.82, 2.24) is 15.5 Å². The van der Waals surface area contributed by atoms with Gasteiger partial charge in [0.25, 0.3) is 0 Å². The van der Waals surface area contributed by atoms with E-state index in [9.17, 15) is 9.59 Å². The molecule has 2 amide bonds. The minimum absolute atomic E-state index is 0.163. The van der Waals surface area contributed by atoms with Gasteiger partial charge in [-0.2, -0.15) is 0 Å². The first-order chi connectivity index (χ1) is 17.2. The van der Waals surface area contributed by atoms with Crippen LogP contribution in [-0.2, 0) is 29.1 Å². The van der Waals surface area contributed by atoms with Gasteiger partial charge in [0.05, 0.1) is 0 Å². The summed E-state index contributed by atoms with van der Waals surface area (Å²) in [6.45, 7) is 3.87. The lowest BCUT2D eigenvalue weighted by Crippen LogP contribution is -2.49. The highest BCUT2D eigenvalue weighted by atomic mass is 32.1. The van der Waals surface area contributed by atoms with E-state index in [1.165, 1.54) is 4.88 Å². The second kappa shape index (κ2) is 13.1. The molecule has 0 spiro atoms. The molecule has 0 radical (unpaired) electrons. The Bertz CT molecular complexity index is 1040. The van der Waals surface area contributed by atoms with Gasteiger partial charge in [-0.1, -0.05) is 66.7 Å². The van der Waals surface area contributed by atoms with Gasteiger partial charge in [0, 0.05) is 24.4 Å². The Balaban J connectivity index is 1.26. The summed E-state index contributed by atoms with van der Waals surface area (Å²) in [7, 11) is 0. The zero-order valence-corrected chi connectivity index (χ0v) is 20.7. The van der Waals surface area contributed by atoms with Crippen LogP contribution in [0.25, 0.3) is 0 Å². The van der Waals surface area contributed by atoms with Gasteiger partial charge in [-0.15, -0.1) is 11.3 Å². The summed E-state index contributed by atoms with van der Waals surface area (Å²) < 4.78 is 5.36. The van der Waals surface area contributed by atoms with Crippen molar-refractivity contribution in [3.8, 4) is 0 Å². The second-order valence-corrected chi connectivity index (χ2v) is 10.0. The lowest BCUT2D eigenvalue weighted by Gasteiger charge is -2.32. The zero-order valence-electron chi connectivity index (χ0n) is 19.9. The SMILES string of the molecule is O=C(NC(Cc1ccccc1)C(=O)NCC1CCN(Cc2cccs2)CC1)OCc1ccccc1. The summed E-state index contributed by atoms with van der Waals surface area (Å²) in [5, 5.41) is 7.98. The fraction of sp³-hybridized carbons (Fsp3) is 0.357. The minimum atomic E-state index is -0.695. The first kappa shape index (κ1) is 24.9. The number of piperidine rings is 1. The molecule has 1 saturated heterocycles. The van der Waals surface area contributed by atoms with E-state index in [0.717, 1.165) is 43.6 Å². The van der Waals surface area contributed by atoms with Gasteiger partial charge in [0.1, 0.15) is 12.6 Å². The fourth-order valence-corrected chi connectivity index (χ4v) is 5.05. The molecule has 6 nitrogen and oxygen atoms in total. The van der Waals surface area contributed by atoms with Crippen LogP contribution in [0.1, 0.15) is 28.8 Å². The van der Waals surface area contributed by atoms with E-state index in [0.29, 0.717) is 18.9 Å². The summed E-state index contributed by atoms with van der Waals surface area (Å²) in [5.74, 6) is 0.271. The Morgan fingerprint density at radius 3 is 2.29 bits per heavy atom. The third-order valence-electron chi connectivity index (χ3n) is 6.34. The molecule has 7 heteroatoms. The van der Waals surface area contributed by atoms with Gasteiger partial charge in [0.2, 0.25) is 5.91 Å². The topological polar surface area (TPSA) is 70.7 Å². The molecular formula is C28H33N3O3S. The largest absolute Gasteiger partial charge is 0.445 e. The molecule has 2 aromatic carbocycles. The van der Waals surface area contributed by atoms with Crippen LogP contribution in [0.3, 0.4) is 0 Å². The number of thiophene rings is 1. The number of ether oxygens (including phenoxy) is 1. The van der Waals surface area contributed by atoms with E-state index in [1.54, 1.807) is 11.3 Å². The lowest BCUT2D eigenvalue weighted by atomic mass is 9.96. The summed E-state index contributed by atoms with van der Waals surface area (Å²) in [6.07, 6.45) is 1.93. The van der Waals surface area contributed by atoms with Gasteiger partial charge in [-0.25, -0.2) is 4.79 Å². The maximum absolute atomic E-state index is 13.1. The maximum atomic E-state index is 13.1. The van der Waals surface area contributed by atoms with Gasteiger partial charge < -0.3 is 15.4 Å². The highest BCUT2D eigenvalue weighted by Gasteiger charge is 2.24. The van der Waals surface area contributed by atoms with Crippen molar-refractivity contribution in [2.24, 2.45) is 5.92 Å². The van der Waals surface area contributed by atoms with Gasteiger partial charge >= 0.3 is 6.09 Å². The number of rotatable bonds is 10. The summed E-state index contributed by atoms with van der Waals surface area (Å²) in [6, 6.07) is 22.8. The first-order valence-corrected chi connectivity index (χ1v) is 13.1. The van der Waals surface area contributed by atoms with Crippen LogP contribution in [0.5, 0.6) is 0 Å².